The zero-order chi connectivity index (χ0) is 20.4. The van der Waals surface area contributed by atoms with Gasteiger partial charge in [-0.25, -0.2) is 13.9 Å². The van der Waals surface area contributed by atoms with Crippen LogP contribution in [-0.2, 0) is 0 Å². The highest BCUT2D eigenvalue weighted by Gasteiger charge is 2.18. The monoisotopic (exact) mass is 391 g/mol. The average Bonchev–Trinajstić information content (AvgIpc) is 3.16. The second kappa shape index (κ2) is 7.43. The van der Waals surface area contributed by atoms with Crippen LogP contribution in [0.3, 0.4) is 0 Å². The van der Waals surface area contributed by atoms with E-state index in [1.807, 2.05) is 0 Å². The number of carbonyl (C=O) groups excluding carboxylic acids is 2. The smallest absolute Gasteiger partial charge is 0.295 e. The SMILES string of the molecule is Cc1ccnc2nc(C(=O)Nc3cc(F)ccc3NC(=O)c3ccccn3)nn12. The van der Waals surface area contributed by atoms with Crippen molar-refractivity contribution in [2.24, 2.45) is 0 Å². The molecule has 0 aliphatic carbocycles. The summed E-state index contributed by atoms with van der Waals surface area (Å²) in [5.74, 6) is -1.64. The molecule has 4 aromatic rings. The van der Waals surface area contributed by atoms with E-state index in [1.165, 1.54) is 28.9 Å². The van der Waals surface area contributed by atoms with E-state index in [9.17, 15) is 14.0 Å². The largest absolute Gasteiger partial charge is 0.319 e. The first kappa shape index (κ1) is 18.2. The summed E-state index contributed by atoms with van der Waals surface area (Å²) in [6, 6.07) is 10.2. The number of pyridine rings is 1. The highest BCUT2D eigenvalue weighted by atomic mass is 19.1. The number of anilines is 2. The molecule has 0 saturated carbocycles. The van der Waals surface area contributed by atoms with E-state index in [1.54, 1.807) is 31.3 Å². The number of carbonyl (C=O) groups is 2. The maximum Gasteiger partial charge on any atom is 0.295 e. The van der Waals surface area contributed by atoms with Gasteiger partial charge in [0.1, 0.15) is 11.5 Å². The van der Waals surface area contributed by atoms with E-state index >= 15 is 0 Å². The van der Waals surface area contributed by atoms with E-state index < -0.39 is 17.6 Å². The third kappa shape index (κ3) is 3.76. The first-order chi connectivity index (χ1) is 14.0. The lowest BCUT2D eigenvalue weighted by Gasteiger charge is -2.11. The minimum Gasteiger partial charge on any atom is -0.319 e. The fourth-order valence-electron chi connectivity index (χ4n) is 2.59. The first-order valence-electron chi connectivity index (χ1n) is 8.53. The number of aryl methyl sites for hydroxylation is 1. The van der Waals surface area contributed by atoms with Crippen molar-refractivity contribution in [3.05, 3.63) is 77.9 Å². The van der Waals surface area contributed by atoms with Gasteiger partial charge in [0.15, 0.2) is 0 Å². The average molecular weight is 391 g/mol. The highest BCUT2D eigenvalue weighted by molar-refractivity contribution is 6.08. The summed E-state index contributed by atoms with van der Waals surface area (Å²) < 4.78 is 15.2. The molecule has 0 spiro atoms. The Labute approximate surface area is 163 Å². The van der Waals surface area contributed by atoms with Crippen LogP contribution in [-0.4, -0.2) is 36.4 Å². The van der Waals surface area contributed by atoms with Crippen LogP contribution in [0.25, 0.3) is 5.78 Å². The topological polar surface area (TPSA) is 114 Å². The van der Waals surface area contributed by atoms with E-state index in [4.69, 9.17) is 0 Å². The first-order valence-corrected chi connectivity index (χ1v) is 8.53. The maximum absolute atomic E-state index is 13.8. The molecular weight excluding hydrogens is 377 g/mol. The molecule has 2 N–H and O–H groups in total. The molecule has 144 valence electrons. The maximum atomic E-state index is 13.8. The van der Waals surface area contributed by atoms with Crippen molar-refractivity contribution in [1.29, 1.82) is 0 Å². The van der Waals surface area contributed by atoms with E-state index in [0.717, 1.165) is 11.8 Å². The predicted molar refractivity (Wildman–Crippen MR) is 102 cm³/mol. The lowest BCUT2D eigenvalue weighted by molar-refractivity contribution is 0.100. The standard InChI is InChI=1S/C19H14FN7O2/c1-11-7-9-22-19-25-16(26-27(11)19)18(29)24-15-10-12(20)5-6-13(15)23-17(28)14-4-2-3-8-21-14/h2-10H,1H3,(H,23,28)(H,24,29). The van der Waals surface area contributed by atoms with Gasteiger partial charge in [0.25, 0.3) is 17.6 Å². The molecule has 10 heteroatoms. The number of nitrogens with zero attached hydrogens (tertiary/aromatic N) is 5. The lowest BCUT2D eigenvalue weighted by Crippen LogP contribution is -2.18. The molecule has 0 saturated heterocycles. The van der Waals surface area contributed by atoms with Gasteiger partial charge in [-0.2, -0.15) is 4.98 Å². The molecule has 0 aliphatic heterocycles. The Morgan fingerprint density at radius 2 is 1.79 bits per heavy atom. The van der Waals surface area contributed by atoms with Crippen molar-refractivity contribution in [3.8, 4) is 0 Å². The third-order valence-electron chi connectivity index (χ3n) is 4.01. The molecule has 9 nitrogen and oxygen atoms in total. The molecule has 4 rings (SSSR count). The van der Waals surface area contributed by atoms with Gasteiger partial charge in [-0.05, 0) is 43.3 Å². The van der Waals surface area contributed by atoms with Crippen LogP contribution in [0.1, 0.15) is 26.8 Å². The number of amides is 2. The summed E-state index contributed by atoms with van der Waals surface area (Å²) >= 11 is 0. The Morgan fingerprint density at radius 1 is 0.966 bits per heavy atom. The van der Waals surface area contributed by atoms with Gasteiger partial charge in [0.2, 0.25) is 5.82 Å². The Kier molecular flexibility index (Phi) is 4.65. The van der Waals surface area contributed by atoms with Crippen LogP contribution in [0.4, 0.5) is 15.8 Å². The van der Waals surface area contributed by atoms with Gasteiger partial charge in [-0.3, -0.25) is 14.6 Å². The number of halogens is 1. The van der Waals surface area contributed by atoms with Crippen LogP contribution in [0.5, 0.6) is 0 Å². The molecule has 3 aromatic heterocycles. The molecule has 2 amide bonds. The number of hydrogen-bond acceptors (Lipinski definition) is 6. The van der Waals surface area contributed by atoms with Crippen LogP contribution in [0.15, 0.2) is 54.9 Å². The number of benzene rings is 1. The van der Waals surface area contributed by atoms with Gasteiger partial charge < -0.3 is 10.6 Å². The van der Waals surface area contributed by atoms with Crippen molar-refractivity contribution in [3.63, 3.8) is 0 Å². The van der Waals surface area contributed by atoms with Gasteiger partial charge in [-0.15, -0.1) is 5.10 Å². The molecule has 0 bridgehead atoms. The second-order valence-electron chi connectivity index (χ2n) is 6.05. The van der Waals surface area contributed by atoms with Crippen molar-refractivity contribution in [2.45, 2.75) is 6.92 Å². The number of nitrogens with one attached hydrogen (secondary N) is 2. The molecule has 0 atom stereocenters. The van der Waals surface area contributed by atoms with Crippen LogP contribution in [0.2, 0.25) is 0 Å². The molecule has 29 heavy (non-hydrogen) atoms. The van der Waals surface area contributed by atoms with Crippen LogP contribution in [0, 0.1) is 12.7 Å². The summed E-state index contributed by atoms with van der Waals surface area (Å²) in [6.45, 7) is 1.79. The summed E-state index contributed by atoms with van der Waals surface area (Å²) in [6.07, 6.45) is 3.03. The Balaban J connectivity index is 1.60. The minimum absolute atomic E-state index is 0.0582. The van der Waals surface area contributed by atoms with Gasteiger partial charge in [0, 0.05) is 18.1 Å². The number of rotatable bonds is 4. The zero-order valence-corrected chi connectivity index (χ0v) is 15.1. The lowest BCUT2D eigenvalue weighted by atomic mass is 10.2. The van der Waals surface area contributed by atoms with E-state index in [0.29, 0.717) is 0 Å². The molecule has 0 unspecified atom stereocenters. The molecular formula is C19H14FN7O2. The molecule has 0 radical (unpaired) electrons. The van der Waals surface area contributed by atoms with Gasteiger partial charge >= 0.3 is 0 Å². The quantitative estimate of drug-likeness (QED) is 0.552. The second-order valence-corrected chi connectivity index (χ2v) is 6.05. The van der Waals surface area contributed by atoms with Gasteiger partial charge in [-0.1, -0.05) is 6.07 Å². The Bertz CT molecular complexity index is 1220. The Hall–Kier alpha value is -4.21. The van der Waals surface area contributed by atoms with Crippen LogP contribution < -0.4 is 10.6 Å². The Morgan fingerprint density at radius 3 is 2.55 bits per heavy atom. The summed E-state index contributed by atoms with van der Waals surface area (Å²) in [4.78, 5) is 37.0. The zero-order valence-electron chi connectivity index (χ0n) is 15.1. The fraction of sp³-hybridized carbons (Fsp3) is 0.0526. The highest BCUT2D eigenvalue weighted by Crippen LogP contribution is 2.24. The summed E-state index contributed by atoms with van der Waals surface area (Å²) in [5, 5.41) is 9.24. The van der Waals surface area contributed by atoms with Crippen molar-refractivity contribution >= 4 is 29.0 Å². The van der Waals surface area contributed by atoms with Crippen LogP contribution >= 0.6 is 0 Å². The fourth-order valence-corrected chi connectivity index (χ4v) is 2.59. The number of aromatic nitrogens is 5. The number of hydrogen-bond donors (Lipinski definition) is 2. The minimum atomic E-state index is -0.672. The van der Waals surface area contributed by atoms with Crippen molar-refractivity contribution in [1.82, 2.24) is 24.6 Å². The molecule has 0 aliphatic rings. The third-order valence-corrected chi connectivity index (χ3v) is 4.01. The van der Waals surface area contributed by atoms with Crippen molar-refractivity contribution in [2.75, 3.05) is 10.6 Å². The van der Waals surface area contributed by atoms with Crippen molar-refractivity contribution < 1.29 is 14.0 Å². The summed E-state index contributed by atoms with van der Waals surface area (Å²) in [5.41, 5.74) is 1.18. The van der Waals surface area contributed by atoms with E-state index in [2.05, 4.69) is 30.7 Å². The predicted octanol–water partition coefficient (Wildman–Crippen LogP) is 2.47. The van der Waals surface area contributed by atoms with Gasteiger partial charge in [0.05, 0.1) is 11.4 Å². The molecule has 0 fully saturated rings. The normalized spacial score (nSPS) is 10.7. The molecule has 3 heterocycles. The van der Waals surface area contributed by atoms with E-state index in [-0.39, 0.29) is 28.7 Å². The molecule has 1 aromatic carbocycles. The summed E-state index contributed by atoms with van der Waals surface area (Å²) in [7, 11) is 0. The number of fused-ring (bicyclic) bond motifs is 1.